The van der Waals surface area contributed by atoms with E-state index in [4.69, 9.17) is 0 Å². The van der Waals surface area contributed by atoms with Gasteiger partial charge in [0.1, 0.15) is 0 Å². The quantitative estimate of drug-likeness (QED) is 0.453. The molecular weight excluding hydrogens is 339 g/mol. The van der Waals surface area contributed by atoms with Crippen molar-refractivity contribution in [3.8, 4) is 0 Å². The van der Waals surface area contributed by atoms with Gasteiger partial charge in [-0.05, 0) is 36.7 Å². The summed E-state index contributed by atoms with van der Waals surface area (Å²) in [5, 5.41) is 3.66. The molecule has 0 saturated heterocycles. The lowest BCUT2D eigenvalue weighted by Gasteiger charge is -2.24. The lowest BCUT2D eigenvalue weighted by molar-refractivity contribution is 0.913. The maximum absolute atomic E-state index is 2.33. The Morgan fingerprint density at radius 1 is 0.720 bits per heavy atom. The third-order valence-electron chi connectivity index (χ3n) is 4.31. The Hall–Kier alpha value is -1.56. The summed E-state index contributed by atoms with van der Waals surface area (Å²) in [6, 6.07) is 32.9. The van der Waals surface area contributed by atoms with Crippen LogP contribution < -0.4 is 10.6 Å². The molecule has 1 unspecified atom stereocenters. The molecular formula is C23H25PS. The average Bonchev–Trinajstić information content (AvgIpc) is 2.70. The van der Waals surface area contributed by atoms with Crippen LogP contribution in [0.5, 0.6) is 0 Å². The average molecular weight is 364 g/mol. The maximum atomic E-state index is 2.33. The predicted molar refractivity (Wildman–Crippen MR) is 116 cm³/mol. The largest absolute Gasteiger partial charge is 0.153 e. The number of thioether (sulfide) groups is 1. The zero-order chi connectivity index (χ0) is 17.3. The van der Waals surface area contributed by atoms with Crippen molar-refractivity contribution in [3.63, 3.8) is 0 Å². The Bertz CT molecular complexity index is 688. The monoisotopic (exact) mass is 364 g/mol. The number of benzene rings is 3. The highest BCUT2D eigenvalue weighted by Crippen LogP contribution is 2.38. The zero-order valence-corrected chi connectivity index (χ0v) is 16.4. The lowest BCUT2D eigenvalue weighted by atomic mass is 10.2. The van der Waals surface area contributed by atoms with Crippen molar-refractivity contribution in [2.75, 3.05) is 6.16 Å². The van der Waals surface area contributed by atoms with Crippen molar-refractivity contribution in [3.05, 3.63) is 96.6 Å². The molecule has 0 aliphatic carbocycles. The Kier molecular flexibility index (Phi) is 7.15. The van der Waals surface area contributed by atoms with E-state index in [2.05, 4.69) is 110 Å². The van der Waals surface area contributed by atoms with Crippen LogP contribution in [0.3, 0.4) is 0 Å². The third kappa shape index (κ3) is 5.46. The smallest absolute Gasteiger partial charge is 0.0187 e. The molecule has 0 radical (unpaired) electrons. The van der Waals surface area contributed by atoms with Gasteiger partial charge in [-0.1, -0.05) is 97.9 Å². The summed E-state index contributed by atoms with van der Waals surface area (Å²) in [7, 11) is -0.297. The number of hydrogen-bond acceptors (Lipinski definition) is 1. The SMILES string of the molecule is CCC(CP(c1ccccc1)c1ccccc1)SCc1ccccc1. The molecule has 128 valence electrons. The van der Waals surface area contributed by atoms with Gasteiger partial charge in [0.05, 0.1) is 0 Å². The predicted octanol–water partition coefficient (Wildman–Crippen LogP) is 5.83. The van der Waals surface area contributed by atoms with Gasteiger partial charge < -0.3 is 0 Å². The third-order valence-corrected chi connectivity index (χ3v) is 8.67. The first-order chi connectivity index (χ1) is 12.4. The first-order valence-electron chi connectivity index (χ1n) is 8.90. The van der Waals surface area contributed by atoms with Gasteiger partial charge in [-0.2, -0.15) is 11.8 Å². The minimum Gasteiger partial charge on any atom is -0.153 e. The molecule has 0 amide bonds. The van der Waals surface area contributed by atoms with Crippen LogP contribution in [0.4, 0.5) is 0 Å². The fourth-order valence-electron chi connectivity index (χ4n) is 2.87. The van der Waals surface area contributed by atoms with Gasteiger partial charge in [0.25, 0.3) is 0 Å². The van der Waals surface area contributed by atoms with E-state index in [1.165, 1.54) is 28.8 Å². The molecule has 0 N–H and O–H groups in total. The molecule has 3 rings (SSSR count). The van der Waals surface area contributed by atoms with Gasteiger partial charge in [0, 0.05) is 11.0 Å². The maximum Gasteiger partial charge on any atom is 0.0187 e. The van der Waals surface area contributed by atoms with Crippen molar-refractivity contribution in [2.45, 2.75) is 24.3 Å². The molecule has 3 aromatic carbocycles. The van der Waals surface area contributed by atoms with Crippen molar-refractivity contribution >= 4 is 30.3 Å². The normalized spacial score (nSPS) is 12.2. The molecule has 0 spiro atoms. The molecule has 0 nitrogen and oxygen atoms in total. The molecule has 0 fully saturated rings. The Morgan fingerprint density at radius 2 is 1.20 bits per heavy atom. The van der Waals surface area contributed by atoms with Crippen LogP contribution in [0.2, 0.25) is 0 Å². The van der Waals surface area contributed by atoms with Crippen LogP contribution in [0.15, 0.2) is 91.0 Å². The van der Waals surface area contributed by atoms with E-state index in [1.807, 2.05) is 0 Å². The molecule has 0 bridgehead atoms. The highest BCUT2D eigenvalue weighted by molar-refractivity contribution is 7.99. The molecule has 3 aromatic rings. The molecule has 1 atom stereocenters. The number of hydrogen-bond donors (Lipinski definition) is 0. The fourth-order valence-corrected chi connectivity index (χ4v) is 7.04. The molecule has 0 aromatic heterocycles. The van der Waals surface area contributed by atoms with Crippen molar-refractivity contribution < 1.29 is 0 Å². The second-order valence-corrected chi connectivity index (χ2v) is 9.65. The van der Waals surface area contributed by atoms with E-state index in [-0.39, 0.29) is 7.92 Å². The highest BCUT2D eigenvalue weighted by atomic mass is 32.2. The van der Waals surface area contributed by atoms with Crippen LogP contribution in [-0.2, 0) is 5.75 Å². The molecule has 0 saturated carbocycles. The van der Waals surface area contributed by atoms with E-state index in [0.717, 1.165) is 5.75 Å². The fraction of sp³-hybridized carbons (Fsp3) is 0.217. The first kappa shape index (κ1) is 18.2. The van der Waals surface area contributed by atoms with Gasteiger partial charge in [0.15, 0.2) is 0 Å². The standard InChI is InChI=1S/C23H25PS/c1-2-23(25-19-20-12-6-3-7-13-20)18-24(21-14-8-4-9-15-21)22-16-10-5-11-17-22/h3-17,23H,2,18-19H2,1H3. The van der Waals surface area contributed by atoms with Gasteiger partial charge >= 0.3 is 0 Å². The first-order valence-corrected chi connectivity index (χ1v) is 11.5. The summed E-state index contributed by atoms with van der Waals surface area (Å²) < 4.78 is 0. The van der Waals surface area contributed by atoms with Crippen molar-refractivity contribution in [1.82, 2.24) is 0 Å². The second-order valence-electron chi connectivity index (χ2n) is 6.11. The van der Waals surface area contributed by atoms with Crippen molar-refractivity contribution in [1.29, 1.82) is 0 Å². The highest BCUT2D eigenvalue weighted by Gasteiger charge is 2.19. The number of rotatable bonds is 8. The van der Waals surface area contributed by atoms with E-state index in [9.17, 15) is 0 Å². The van der Waals surface area contributed by atoms with Gasteiger partial charge in [0.2, 0.25) is 0 Å². The summed E-state index contributed by atoms with van der Waals surface area (Å²) in [6.07, 6.45) is 2.47. The Labute approximate surface area is 157 Å². The zero-order valence-electron chi connectivity index (χ0n) is 14.7. The van der Waals surface area contributed by atoms with Gasteiger partial charge in [-0.3, -0.25) is 0 Å². The Morgan fingerprint density at radius 3 is 1.68 bits per heavy atom. The summed E-state index contributed by atoms with van der Waals surface area (Å²) in [5.41, 5.74) is 1.43. The topological polar surface area (TPSA) is 0 Å². The summed E-state index contributed by atoms with van der Waals surface area (Å²) >= 11 is 2.11. The minimum atomic E-state index is -0.297. The van der Waals surface area contributed by atoms with E-state index in [1.54, 1.807) is 0 Å². The van der Waals surface area contributed by atoms with E-state index >= 15 is 0 Å². The summed E-state index contributed by atoms with van der Waals surface area (Å²) in [6.45, 7) is 2.33. The summed E-state index contributed by atoms with van der Waals surface area (Å²) in [5.74, 6) is 1.10. The van der Waals surface area contributed by atoms with Gasteiger partial charge in [-0.15, -0.1) is 0 Å². The molecule has 0 aliphatic heterocycles. The minimum absolute atomic E-state index is 0.297. The van der Waals surface area contributed by atoms with Crippen LogP contribution in [0, 0.1) is 0 Å². The van der Waals surface area contributed by atoms with Crippen LogP contribution >= 0.6 is 19.7 Å². The van der Waals surface area contributed by atoms with Crippen LogP contribution in [-0.4, -0.2) is 11.4 Å². The second kappa shape index (κ2) is 9.80. The van der Waals surface area contributed by atoms with Crippen LogP contribution in [0.1, 0.15) is 18.9 Å². The van der Waals surface area contributed by atoms with E-state index < -0.39 is 0 Å². The van der Waals surface area contributed by atoms with E-state index in [0.29, 0.717) is 5.25 Å². The molecule has 2 heteroatoms. The molecule has 25 heavy (non-hydrogen) atoms. The van der Waals surface area contributed by atoms with Crippen LogP contribution in [0.25, 0.3) is 0 Å². The molecule has 0 heterocycles. The summed E-state index contributed by atoms with van der Waals surface area (Å²) in [4.78, 5) is 0. The van der Waals surface area contributed by atoms with Gasteiger partial charge in [-0.25, -0.2) is 0 Å². The molecule has 0 aliphatic rings. The van der Waals surface area contributed by atoms with Crippen molar-refractivity contribution in [2.24, 2.45) is 0 Å². The Balaban J connectivity index is 1.74. The lowest BCUT2D eigenvalue weighted by Crippen LogP contribution is -2.19.